The lowest BCUT2D eigenvalue weighted by Gasteiger charge is -2.17. The molecule has 2 amide bonds. The maximum absolute atomic E-state index is 12.2. The van der Waals surface area contributed by atoms with Crippen molar-refractivity contribution in [3.63, 3.8) is 0 Å². The van der Waals surface area contributed by atoms with Crippen LogP contribution in [0.25, 0.3) is 0 Å². The molecule has 0 fully saturated rings. The molecule has 0 saturated carbocycles. The van der Waals surface area contributed by atoms with Crippen molar-refractivity contribution in [1.82, 2.24) is 5.32 Å². The zero-order chi connectivity index (χ0) is 18.9. The van der Waals surface area contributed by atoms with Crippen molar-refractivity contribution in [1.29, 1.82) is 0 Å². The predicted octanol–water partition coefficient (Wildman–Crippen LogP) is 4.72. The van der Waals surface area contributed by atoms with E-state index >= 15 is 0 Å². The normalized spacial score (nSPS) is 10.5. The number of aryl methyl sites for hydroxylation is 1. The smallest absolute Gasteiger partial charge is 0.319 e. The lowest BCUT2D eigenvalue weighted by atomic mass is 9.98. The molecule has 2 rings (SSSR count). The number of para-hydroxylation sites is 1. The van der Waals surface area contributed by atoms with Crippen molar-refractivity contribution in [2.75, 3.05) is 25.1 Å². The number of ether oxygens (including phenoxy) is 2. The third kappa shape index (κ3) is 5.69. The Morgan fingerprint density at radius 2 is 1.77 bits per heavy atom. The number of urea groups is 1. The molecule has 2 N–H and O–H groups in total. The topological polar surface area (TPSA) is 59.6 Å². The van der Waals surface area contributed by atoms with E-state index in [-0.39, 0.29) is 6.03 Å². The van der Waals surface area contributed by atoms with Crippen molar-refractivity contribution < 1.29 is 14.3 Å². The molecular weight excluding hydrogens is 328 g/mol. The van der Waals surface area contributed by atoms with Crippen LogP contribution < -0.4 is 20.1 Å². The number of carbonyl (C=O) groups is 1. The maximum atomic E-state index is 12.2. The van der Waals surface area contributed by atoms with E-state index in [2.05, 4.69) is 24.5 Å². The largest absolute Gasteiger partial charge is 0.494 e. The van der Waals surface area contributed by atoms with Gasteiger partial charge in [0.2, 0.25) is 0 Å². The van der Waals surface area contributed by atoms with Gasteiger partial charge in [-0.3, -0.25) is 0 Å². The Morgan fingerprint density at radius 1 is 1.08 bits per heavy atom. The molecule has 0 bridgehead atoms. The Labute approximate surface area is 155 Å². The van der Waals surface area contributed by atoms with Crippen LogP contribution in [0.2, 0.25) is 0 Å². The Balaban J connectivity index is 1.82. The average molecular weight is 356 g/mol. The molecule has 5 heteroatoms. The summed E-state index contributed by atoms with van der Waals surface area (Å²) in [7, 11) is 0. The van der Waals surface area contributed by atoms with Crippen LogP contribution in [0.3, 0.4) is 0 Å². The fraction of sp³-hybridized carbons (Fsp3) is 0.381. The van der Waals surface area contributed by atoms with Gasteiger partial charge in [0, 0.05) is 11.8 Å². The first-order chi connectivity index (χ1) is 12.5. The first kappa shape index (κ1) is 19.6. The van der Waals surface area contributed by atoms with Gasteiger partial charge >= 0.3 is 6.03 Å². The van der Waals surface area contributed by atoms with Gasteiger partial charge in [-0.25, -0.2) is 4.79 Å². The second-order valence-corrected chi connectivity index (χ2v) is 6.33. The van der Waals surface area contributed by atoms with Gasteiger partial charge in [0.15, 0.2) is 0 Å². The molecule has 0 saturated heterocycles. The van der Waals surface area contributed by atoms with Gasteiger partial charge in [-0.2, -0.15) is 0 Å². The van der Waals surface area contributed by atoms with Gasteiger partial charge in [-0.05, 0) is 43.0 Å². The summed E-state index contributed by atoms with van der Waals surface area (Å²) < 4.78 is 11.1. The standard InChI is InChI=1S/C21H28N2O3/c1-5-25-17-9-7-10-18(14-17)26-13-12-22-21(24)23-20-16(4)8-6-11-19(20)15(2)3/h6-11,14-15H,5,12-13H2,1-4H3,(H2,22,23,24). The minimum absolute atomic E-state index is 0.229. The van der Waals surface area contributed by atoms with Crippen molar-refractivity contribution in [3.8, 4) is 11.5 Å². The predicted molar refractivity (Wildman–Crippen MR) is 105 cm³/mol. The summed E-state index contributed by atoms with van der Waals surface area (Å²) in [5.41, 5.74) is 3.06. The molecule has 140 valence electrons. The fourth-order valence-corrected chi connectivity index (χ4v) is 2.65. The van der Waals surface area contributed by atoms with Crippen LogP contribution in [0.5, 0.6) is 11.5 Å². The Hall–Kier alpha value is -2.69. The van der Waals surface area contributed by atoms with Crippen LogP contribution in [0.15, 0.2) is 42.5 Å². The Morgan fingerprint density at radius 3 is 2.46 bits per heavy atom. The molecule has 0 atom stereocenters. The molecule has 0 aromatic heterocycles. The first-order valence-corrected chi connectivity index (χ1v) is 9.01. The van der Waals surface area contributed by atoms with Crippen LogP contribution in [-0.4, -0.2) is 25.8 Å². The summed E-state index contributed by atoms with van der Waals surface area (Å²) in [5, 5.41) is 5.79. The molecule has 2 aromatic carbocycles. The molecule has 0 aliphatic carbocycles. The average Bonchev–Trinajstić information content (AvgIpc) is 2.61. The number of amides is 2. The second-order valence-electron chi connectivity index (χ2n) is 6.33. The highest BCUT2D eigenvalue weighted by atomic mass is 16.5. The first-order valence-electron chi connectivity index (χ1n) is 9.01. The fourth-order valence-electron chi connectivity index (χ4n) is 2.65. The summed E-state index contributed by atoms with van der Waals surface area (Å²) in [6.45, 7) is 9.57. The quantitative estimate of drug-likeness (QED) is 0.673. The lowest BCUT2D eigenvalue weighted by Crippen LogP contribution is -2.32. The third-order valence-corrected chi connectivity index (χ3v) is 3.94. The van der Waals surface area contributed by atoms with E-state index < -0.39 is 0 Å². The molecule has 0 heterocycles. The zero-order valence-corrected chi connectivity index (χ0v) is 16.0. The second kappa shape index (κ2) is 9.70. The Bertz CT molecular complexity index is 729. The molecule has 26 heavy (non-hydrogen) atoms. The van der Waals surface area contributed by atoms with Crippen LogP contribution >= 0.6 is 0 Å². The van der Waals surface area contributed by atoms with Crippen molar-refractivity contribution in [3.05, 3.63) is 53.6 Å². The molecule has 0 aliphatic rings. The van der Waals surface area contributed by atoms with Crippen molar-refractivity contribution in [2.24, 2.45) is 0 Å². The summed E-state index contributed by atoms with van der Waals surface area (Å²) in [6.07, 6.45) is 0. The van der Waals surface area contributed by atoms with Gasteiger partial charge < -0.3 is 20.1 Å². The summed E-state index contributed by atoms with van der Waals surface area (Å²) in [4.78, 5) is 12.2. The lowest BCUT2D eigenvalue weighted by molar-refractivity contribution is 0.247. The highest BCUT2D eigenvalue weighted by molar-refractivity contribution is 5.91. The maximum Gasteiger partial charge on any atom is 0.319 e. The van der Waals surface area contributed by atoms with E-state index in [4.69, 9.17) is 9.47 Å². The molecule has 0 unspecified atom stereocenters. The van der Waals surface area contributed by atoms with E-state index in [1.165, 1.54) is 0 Å². The van der Waals surface area contributed by atoms with Gasteiger partial charge in [0.05, 0.1) is 13.2 Å². The number of benzene rings is 2. The van der Waals surface area contributed by atoms with Gasteiger partial charge in [-0.15, -0.1) is 0 Å². The van der Waals surface area contributed by atoms with Crippen molar-refractivity contribution >= 4 is 11.7 Å². The number of nitrogens with one attached hydrogen (secondary N) is 2. The van der Waals surface area contributed by atoms with Crippen molar-refractivity contribution in [2.45, 2.75) is 33.6 Å². The number of hydrogen-bond donors (Lipinski definition) is 2. The van der Waals surface area contributed by atoms with E-state index in [0.29, 0.717) is 25.7 Å². The van der Waals surface area contributed by atoms with Crippen LogP contribution in [0.1, 0.15) is 37.8 Å². The zero-order valence-electron chi connectivity index (χ0n) is 16.0. The molecular formula is C21H28N2O3. The molecule has 0 radical (unpaired) electrons. The molecule has 2 aromatic rings. The highest BCUT2D eigenvalue weighted by Gasteiger charge is 2.11. The molecule has 0 spiro atoms. The SMILES string of the molecule is CCOc1cccc(OCCNC(=O)Nc2c(C)cccc2C(C)C)c1. The minimum atomic E-state index is -0.229. The van der Waals surface area contributed by atoms with Crippen LogP contribution in [0, 0.1) is 6.92 Å². The summed E-state index contributed by atoms with van der Waals surface area (Å²) in [5.74, 6) is 1.83. The van der Waals surface area contributed by atoms with Gasteiger partial charge in [0.25, 0.3) is 0 Å². The minimum Gasteiger partial charge on any atom is -0.494 e. The van der Waals surface area contributed by atoms with Gasteiger partial charge in [0.1, 0.15) is 18.1 Å². The highest BCUT2D eigenvalue weighted by Crippen LogP contribution is 2.27. The summed E-state index contributed by atoms with van der Waals surface area (Å²) in [6, 6.07) is 13.3. The van der Waals surface area contributed by atoms with E-state index in [1.807, 2.05) is 56.3 Å². The van der Waals surface area contributed by atoms with Crippen LogP contribution in [0.4, 0.5) is 10.5 Å². The van der Waals surface area contributed by atoms with E-state index in [0.717, 1.165) is 28.3 Å². The van der Waals surface area contributed by atoms with Crippen LogP contribution in [-0.2, 0) is 0 Å². The number of carbonyl (C=O) groups excluding carboxylic acids is 1. The Kier molecular flexibility index (Phi) is 7.33. The number of anilines is 1. The summed E-state index contributed by atoms with van der Waals surface area (Å²) >= 11 is 0. The third-order valence-electron chi connectivity index (χ3n) is 3.94. The number of rotatable bonds is 8. The van der Waals surface area contributed by atoms with E-state index in [1.54, 1.807) is 0 Å². The monoisotopic (exact) mass is 356 g/mol. The molecule has 0 aliphatic heterocycles. The van der Waals surface area contributed by atoms with Gasteiger partial charge in [-0.1, -0.05) is 38.1 Å². The number of hydrogen-bond acceptors (Lipinski definition) is 3. The molecule has 5 nitrogen and oxygen atoms in total. The van der Waals surface area contributed by atoms with E-state index in [9.17, 15) is 4.79 Å².